The van der Waals surface area contributed by atoms with Crippen LogP contribution in [0.15, 0.2) is 43.0 Å². The van der Waals surface area contributed by atoms with Gasteiger partial charge >= 0.3 is 0 Å². The molecular formula is C12H16O. The van der Waals surface area contributed by atoms with Crippen LogP contribution in [-0.4, -0.2) is 6.10 Å². The van der Waals surface area contributed by atoms with Gasteiger partial charge in [-0.15, -0.1) is 6.58 Å². The summed E-state index contributed by atoms with van der Waals surface area (Å²) in [4.78, 5) is 0. The van der Waals surface area contributed by atoms with Crippen LogP contribution < -0.4 is 4.74 Å². The maximum atomic E-state index is 5.67. The standard InChI is InChI=1S/C12H16O/c1-3-4-8-11(2)13-12-9-6-5-7-10-12/h3,5-7,9-11H,1,4,8H2,2H3. The van der Waals surface area contributed by atoms with Gasteiger partial charge in [-0.05, 0) is 31.9 Å². The summed E-state index contributed by atoms with van der Waals surface area (Å²) in [6.07, 6.45) is 4.22. The van der Waals surface area contributed by atoms with E-state index in [9.17, 15) is 0 Å². The van der Waals surface area contributed by atoms with Gasteiger partial charge in [-0.1, -0.05) is 24.3 Å². The first-order chi connectivity index (χ1) is 6.33. The third kappa shape index (κ3) is 3.79. The topological polar surface area (TPSA) is 9.23 Å². The van der Waals surface area contributed by atoms with Crippen LogP contribution in [0.25, 0.3) is 0 Å². The predicted molar refractivity (Wildman–Crippen MR) is 56.0 cm³/mol. The minimum atomic E-state index is 0.264. The van der Waals surface area contributed by atoms with Gasteiger partial charge in [-0.3, -0.25) is 0 Å². The van der Waals surface area contributed by atoms with Crippen molar-refractivity contribution >= 4 is 0 Å². The molecule has 1 rings (SSSR count). The van der Waals surface area contributed by atoms with E-state index in [1.807, 2.05) is 36.4 Å². The molecule has 0 radical (unpaired) electrons. The molecule has 0 aliphatic heterocycles. The van der Waals surface area contributed by atoms with Crippen LogP contribution in [0, 0.1) is 0 Å². The molecule has 1 atom stereocenters. The van der Waals surface area contributed by atoms with Gasteiger partial charge in [0.05, 0.1) is 6.10 Å². The number of ether oxygens (including phenoxy) is 1. The van der Waals surface area contributed by atoms with E-state index in [-0.39, 0.29) is 6.10 Å². The summed E-state index contributed by atoms with van der Waals surface area (Å²) in [6, 6.07) is 9.90. The van der Waals surface area contributed by atoms with Gasteiger partial charge in [-0.2, -0.15) is 0 Å². The van der Waals surface area contributed by atoms with Crippen molar-refractivity contribution in [3.63, 3.8) is 0 Å². The Morgan fingerprint density at radius 3 is 2.69 bits per heavy atom. The molecule has 0 N–H and O–H groups in total. The van der Waals surface area contributed by atoms with E-state index in [0.29, 0.717) is 0 Å². The maximum absolute atomic E-state index is 5.67. The lowest BCUT2D eigenvalue weighted by molar-refractivity contribution is 0.212. The number of benzene rings is 1. The van der Waals surface area contributed by atoms with Gasteiger partial charge in [0.25, 0.3) is 0 Å². The second-order valence-corrected chi connectivity index (χ2v) is 3.11. The zero-order valence-corrected chi connectivity index (χ0v) is 8.07. The Kier molecular flexibility index (Phi) is 4.10. The Morgan fingerprint density at radius 2 is 2.08 bits per heavy atom. The van der Waals surface area contributed by atoms with Crippen molar-refractivity contribution < 1.29 is 4.74 Å². The van der Waals surface area contributed by atoms with Crippen LogP contribution in [0.2, 0.25) is 0 Å². The molecule has 1 unspecified atom stereocenters. The first-order valence-electron chi connectivity index (χ1n) is 4.65. The van der Waals surface area contributed by atoms with Crippen LogP contribution in [0.1, 0.15) is 19.8 Å². The third-order valence-electron chi connectivity index (χ3n) is 1.86. The van der Waals surface area contributed by atoms with Crippen molar-refractivity contribution in [1.82, 2.24) is 0 Å². The Morgan fingerprint density at radius 1 is 1.38 bits per heavy atom. The smallest absolute Gasteiger partial charge is 0.119 e. The van der Waals surface area contributed by atoms with Gasteiger partial charge in [0.15, 0.2) is 0 Å². The average Bonchev–Trinajstić information content (AvgIpc) is 2.16. The molecule has 0 spiro atoms. The molecule has 13 heavy (non-hydrogen) atoms. The van der Waals surface area contributed by atoms with E-state index in [1.54, 1.807) is 0 Å². The van der Waals surface area contributed by atoms with Crippen LogP contribution >= 0.6 is 0 Å². The lowest BCUT2D eigenvalue weighted by Crippen LogP contribution is -2.10. The first-order valence-corrected chi connectivity index (χ1v) is 4.65. The minimum absolute atomic E-state index is 0.264. The van der Waals surface area contributed by atoms with Gasteiger partial charge in [0.2, 0.25) is 0 Å². The van der Waals surface area contributed by atoms with Gasteiger partial charge in [0.1, 0.15) is 5.75 Å². The molecule has 1 aromatic carbocycles. The third-order valence-corrected chi connectivity index (χ3v) is 1.86. The van der Waals surface area contributed by atoms with Gasteiger partial charge < -0.3 is 4.74 Å². The summed E-state index contributed by atoms with van der Waals surface area (Å²) < 4.78 is 5.67. The summed E-state index contributed by atoms with van der Waals surface area (Å²) in [6.45, 7) is 5.76. The molecule has 0 aromatic heterocycles. The lowest BCUT2D eigenvalue weighted by Gasteiger charge is -2.13. The molecule has 70 valence electrons. The second kappa shape index (κ2) is 5.41. The van der Waals surface area contributed by atoms with Crippen LogP contribution in [0.3, 0.4) is 0 Å². The van der Waals surface area contributed by atoms with Crippen molar-refractivity contribution in [2.24, 2.45) is 0 Å². The Balaban J connectivity index is 2.36. The molecule has 0 saturated heterocycles. The van der Waals surface area contributed by atoms with E-state index < -0.39 is 0 Å². The van der Waals surface area contributed by atoms with E-state index >= 15 is 0 Å². The lowest BCUT2D eigenvalue weighted by atomic mass is 10.2. The number of hydrogen-bond acceptors (Lipinski definition) is 1. The fourth-order valence-electron chi connectivity index (χ4n) is 1.14. The van der Waals surface area contributed by atoms with Crippen molar-refractivity contribution in [3.8, 4) is 5.75 Å². The van der Waals surface area contributed by atoms with Crippen molar-refractivity contribution in [3.05, 3.63) is 43.0 Å². The Labute approximate surface area is 80.0 Å². The summed E-state index contributed by atoms with van der Waals surface area (Å²) in [5.74, 6) is 0.944. The SMILES string of the molecule is C=CCCC(C)Oc1ccccc1. The number of hydrogen-bond donors (Lipinski definition) is 0. The van der Waals surface area contributed by atoms with Gasteiger partial charge in [-0.25, -0.2) is 0 Å². The molecule has 1 nitrogen and oxygen atoms in total. The highest BCUT2D eigenvalue weighted by molar-refractivity contribution is 5.21. The highest BCUT2D eigenvalue weighted by Gasteiger charge is 2.01. The van der Waals surface area contributed by atoms with Gasteiger partial charge in [0, 0.05) is 0 Å². The molecule has 0 bridgehead atoms. The number of para-hydroxylation sites is 1. The molecular weight excluding hydrogens is 160 g/mol. The van der Waals surface area contributed by atoms with Crippen LogP contribution in [0.4, 0.5) is 0 Å². The first kappa shape index (κ1) is 9.85. The number of rotatable bonds is 5. The van der Waals surface area contributed by atoms with E-state index in [0.717, 1.165) is 18.6 Å². The molecule has 1 aromatic rings. The fourth-order valence-corrected chi connectivity index (χ4v) is 1.14. The maximum Gasteiger partial charge on any atom is 0.119 e. The quantitative estimate of drug-likeness (QED) is 0.624. The molecule has 0 amide bonds. The predicted octanol–water partition coefficient (Wildman–Crippen LogP) is 3.42. The number of allylic oxidation sites excluding steroid dienone is 1. The zero-order chi connectivity index (χ0) is 9.52. The minimum Gasteiger partial charge on any atom is -0.491 e. The molecule has 0 heterocycles. The summed E-state index contributed by atoms with van der Waals surface area (Å²) in [5.41, 5.74) is 0. The molecule has 1 heteroatoms. The largest absolute Gasteiger partial charge is 0.491 e. The van der Waals surface area contributed by atoms with Crippen LogP contribution in [-0.2, 0) is 0 Å². The highest BCUT2D eigenvalue weighted by Crippen LogP contribution is 2.12. The fraction of sp³-hybridized carbons (Fsp3) is 0.333. The van der Waals surface area contributed by atoms with Crippen LogP contribution in [0.5, 0.6) is 5.75 Å². The molecule has 0 aliphatic rings. The van der Waals surface area contributed by atoms with E-state index in [1.165, 1.54) is 0 Å². The summed E-state index contributed by atoms with van der Waals surface area (Å²) in [5, 5.41) is 0. The monoisotopic (exact) mass is 176 g/mol. The Hall–Kier alpha value is -1.24. The molecule has 0 fully saturated rings. The van der Waals surface area contributed by atoms with E-state index in [2.05, 4.69) is 13.5 Å². The average molecular weight is 176 g/mol. The van der Waals surface area contributed by atoms with Crippen molar-refractivity contribution in [2.75, 3.05) is 0 Å². The van der Waals surface area contributed by atoms with Crippen molar-refractivity contribution in [1.29, 1.82) is 0 Å². The highest BCUT2D eigenvalue weighted by atomic mass is 16.5. The Bertz CT molecular complexity index is 241. The molecule has 0 aliphatic carbocycles. The summed E-state index contributed by atoms with van der Waals surface area (Å²) >= 11 is 0. The normalized spacial score (nSPS) is 12.1. The van der Waals surface area contributed by atoms with E-state index in [4.69, 9.17) is 4.74 Å². The zero-order valence-electron chi connectivity index (χ0n) is 8.07. The van der Waals surface area contributed by atoms with Crippen molar-refractivity contribution in [2.45, 2.75) is 25.9 Å². The summed E-state index contributed by atoms with van der Waals surface area (Å²) in [7, 11) is 0. The molecule has 0 saturated carbocycles. The second-order valence-electron chi connectivity index (χ2n) is 3.11.